The van der Waals surface area contributed by atoms with Crippen molar-refractivity contribution in [3.05, 3.63) is 76.5 Å². The van der Waals surface area contributed by atoms with Crippen LogP contribution in [-0.4, -0.2) is 23.8 Å². The number of hydrogen-bond donors (Lipinski definition) is 0. The molecule has 2 aromatic carbocycles. The molecule has 0 saturated heterocycles. The molecule has 4 nitrogen and oxygen atoms in total. The van der Waals surface area contributed by atoms with Crippen molar-refractivity contribution in [3.63, 3.8) is 0 Å². The van der Waals surface area contributed by atoms with Crippen molar-refractivity contribution in [1.82, 2.24) is 4.90 Å². The van der Waals surface area contributed by atoms with Crippen molar-refractivity contribution in [2.45, 2.75) is 96.9 Å². The molecule has 0 bridgehead atoms. The molecule has 1 heterocycles. The van der Waals surface area contributed by atoms with Crippen molar-refractivity contribution in [2.24, 2.45) is 4.99 Å². The van der Waals surface area contributed by atoms with Gasteiger partial charge in [-0.2, -0.15) is 0 Å². The highest BCUT2D eigenvalue weighted by Crippen LogP contribution is 2.29. The minimum absolute atomic E-state index is 0.0898. The molecule has 1 amide bonds. The van der Waals surface area contributed by atoms with Crippen LogP contribution in [-0.2, 0) is 12.0 Å². The number of nitrogens with zero attached hydrogens (tertiary/aromatic N) is 2. The quantitative estimate of drug-likeness (QED) is 0.220. The Labute approximate surface area is 218 Å². The smallest absolute Gasteiger partial charge is 0.175 e. The molecule has 0 spiro atoms. The average Bonchev–Trinajstić information content (AvgIpc) is 2.86. The Morgan fingerprint density at radius 1 is 1.00 bits per heavy atom. The van der Waals surface area contributed by atoms with Crippen LogP contribution in [0.3, 0.4) is 0 Å². The van der Waals surface area contributed by atoms with Gasteiger partial charge in [-0.3, -0.25) is 0 Å². The van der Waals surface area contributed by atoms with E-state index in [4.69, 9.17) is 0 Å². The number of rotatable bonds is 13. The summed E-state index contributed by atoms with van der Waals surface area (Å²) in [5.74, 6) is 0.144. The van der Waals surface area contributed by atoms with Gasteiger partial charge in [0, 0.05) is 31.1 Å². The van der Waals surface area contributed by atoms with E-state index in [0.717, 1.165) is 29.5 Å². The summed E-state index contributed by atoms with van der Waals surface area (Å²) >= 11 is 0. The van der Waals surface area contributed by atoms with Gasteiger partial charge in [0.25, 0.3) is 0 Å². The van der Waals surface area contributed by atoms with Gasteiger partial charge in [0.15, 0.2) is 5.56 Å². The van der Waals surface area contributed by atoms with Crippen molar-refractivity contribution in [1.29, 1.82) is 0 Å². The van der Waals surface area contributed by atoms with Crippen LogP contribution in [0, 0.1) is 0 Å². The third-order valence-corrected chi connectivity index (χ3v) is 7.11. The molecule has 0 aromatic heterocycles. The second kappa shape index (κ2) is 13.4. The topological polar surface area (TPSA) is 55.7 Å². The molecule has 0 N–H and O–H groups in total. The van der Waals surface area contributed by atoms with Gasteiger partial charge in [0.05, 0.1) is 5.56 Å². The third-order valence-electron chi connectivity index (χ3n) is 7.11. The van der Waals surface area contributed by atoms with Gasteiger partial charge in [-0.1, -0.05) is 96.9 Å². The zero-order chi connectivity index (χ0) is 26.0. The molecule has 1 unspecified atom stereocenters. The Hall–Kier alpha value is -2.97. The molecule has 1 aliphatic rings. The normalized spacial score (nSPS) is 13.2. The first-order valence-corrected chi connectivity index (χ1v) is 13.6. The molecule has 2 aromatic rings. The van der Waals surface area contributed by atoms with E-state index in [1.165, 1.54) is 54.6 Å². The molecule has 36 heavy (non-hydrogen) atoms. The molecule has 3 rings (SSSR count). The Bertz CT molecular complexity index is 1030. The Morgan fingerprint density at radius 2 is 1.69 bits per heavy atom. The molecule has 1 atom stereocenters. The molecule has 0 saturated carbocycles. The van der Waals surface area contributed by atoms with E-state index in [1.807, 2.05) is 24.3 Å². The van der Waals surface area contributed by atoms with Crippen LogP contribution in [0.25, 0.3) is 6.08 Å². The number of fused-ring (bicyclic) bond motifs is 1. The largest absolute Gasteiger partial charge is 0.530 e. The van der Waals surface area contributed by atoms with E-state index in [9.17, 15) is 9.90 Å². The lowest BCUT2D eigenvalue weighted by molar-refractivity contribution is -0.266. The number of carbonyl (C=O) groups is 1. The van der Waals surface area contributed by atoms with E-state index >= 15 is 0 Å². The van der Waals surface area contributed by atoms with Gasteiger partial charge in [-0.15, -0.1) is 4.99 Å². The second-order valence-electron chi connectivity index (χ2n) is 11.1. The predicted molar refractivity (Wildman–Crippen MR) is 148 cm³/mol. The maximum absolute atomic E-state index is 12.2. The lowest BCUT2D eigenvalue weighted by atomic mass is 9.84. The maximum Gasteiger partial charge on any atom is 0.175 e. The Balaban J connectivity index is 1.71. The van der Waals surface area contributed by atoms with Gasteiger partial charge >= 0.3 is 0 Å². The molecule has 192 valence electrons. The minimum Gasteiger partial charge on any atom is -0.530 e. The predicted octanol–water partition coefficient (Wildman–Crippen LogP) is 7.33. The molecule has 4 heteroatoms. The van der Waals surface area contributed by atoms with Gasteiger partial charge in [-0.25, -0.2) is 0 Å². The summed E-state index contributed by atoms with van der Waals surface area (Å²) in [5.41, 5.74) is 5.48. The van der Waals surface area contributed by atoms with E-state index in [2.05, 4.69) is 63.2 Å². The highest BCUT2D eigenvalue weighted by molar-refractivity contribution is 5.88. The zero-order valence-corrected chi connectivity index (χ0v) is 22.6. The second-order valence-corrected chi connectivity index (χ2v) is 11.1. The van der Waals surface area contributed by atoms with Gasteiger partial charge in [0.2, 0.25) is 0 Å². The van der Waals surface area contributed by atoms with E-state index in [0.29, 0.717) is 13.1 Å². The summed E-state index contributed by atoms with van der Waals surface area (Å²) in [4.78, 5) is 17.7. The molecular formula is C32H42N2O2. The van der Waals surface area contributed by atoms with Gasteiger partial charge < -0.3 is 14.8 Å². The lowest BCUT2D eigenvalue weighted by Gasteiger charge is -2.30. The van der Waals surface area contributed by atoms with E-state index in [-0.39, 0.29) is 11.3 Å². The highest BCUT2D eigenvalue weighted by atomic mass is 16.4. The summed E-state index contributed by atoms with van der Waals surface area (Å²) in [5, 5.41) is 12.2. The average molecular weight is 487 g/mol. The van der Waals surface area contributed by atoms with Crippen molar-refractivity contribution >= 4 is 18.4 Å². The van der Waals surface area contributed by atoms with Crippen molar-refractivity contribution < 1.29 is 9.90 Å². The molecule has 0 aliphatic carbocycles. The SMILES string of the molecule is CCCCCCCCCC(CN(Cc1ccc2c(c1)C=CN=[C+]2)C(=O)[O-])c1ccc(C(C)(C)C)cc1. The number of aliphatic imine (C=N–C) groups is 1. The first-order chi connectivity index (χ1) is 17.3. The summed E-state index contributed by atoms with van der Waals surface area (Å²) in [6.07, 6.45) is 15.2. The standard InChI is InChI=1S/C32H42N2O2/c1-5-6-7-8-9-10-11-12-29(26-15-17-30(18-16-26)32(2,3)4)24-34(31(35)36)23-25-13-14-28-22-33-20-19-27(28)21-25/h13-21,29H,5-12,23-24H2,1-4H3. The Morgan fingerprint density at radius 3 is 2.36 bits per heavy atom. The summed E-state index contributed by atoms with van der Waals surface area (Å²) < 4.78 is 0. The van der Waals surface area contributed by atoms with Gasteiger partial charge in [-0.05, 0) is 40.7 Å². The Kier molecular flexibility index (Phi) is 10.3. The number of carboxylic acid groups (broad SMARTS) is 1. The summed E-state index contributed by atoms with van der Waals surface area (Å²) in [6.45, 7) is 9.64. The number of hydrogen-bond acceptors (Lipinski definition) is 3. The van der Waals surface area contributed by atoms with Gasteiger partial charge in [0.1, 0.15) is 18.5 Å². The van der Waals surface area contributed by atoms with Crippen LogP contribution in [0.15, 0.2) is 53.7 Å². The van der Waals surface area contributed by atoms with E-state index in [1.54, 1.807) is 6.20 Å². The van der Waals surface area contributed by atoms with Crippen LogP contribution in [0.2, 0.25) is 0 Å². The van der Waals surface area contributed by atoms with Crippen LogP contribution >= 0.6 is 0 Å². The number of unbranched alkanes of at least 4 members (excludes halogenated alkanes) is 6. The minimum atomic E-state index is -1.12. The number of amides is 1. The molecular weight excluding hydrogens is 444 g/mol. The van der Waals surface area contributed by atoms with E-state index < -0.39 is 6.09 Å². The molecule has 0 radical (unpaired) electrons. The van der Waals surface area contributed by atoms with Crippen molar-refractivity contribution in [3.8, 4) is 0 Å². The lowest BCUT2D eigenvalue weighted by Crippen LogP contribution is -2.42. The summed E-state index contributed by atoms with van der Waals surface area (Å²) in [7, 11) is 0. The highest BCUT2D eigenvalue weighted by Gasteiger charge is 2.20. The number of benzene rings is 2. The van der Waals surface area contributed by atoms with Crippen LogP contribution < -0.4 is 5.11 Å². The first kappa shape index (κ1) is 27.6. The third kappa shape index (κ3) is 8.31. The fourth-order valence-corrected chi connectivity index (χ4v) is 4.83. The molecule has 0 fully saturated rings. The zero-order valence-electron chi connectivity index (χ0n) is 22.6. The fourth-order valence-electron chi connectivity index (χ4n) is 4.83. The monoisotopic (exact) mass is 486 g/mol. The summed E-state index contributed by atoms with van der Waals surface area (Å²) in [6, 6.07) is 14.7. The van der Waals surface area contributed by atoms with Crippen molar-refractivity contribution in [2.75, 3.05) is 6.54 Å². The molecule has 1 aliphatic heterocycles. The van der Waals surface area contributed by atoms with Crippen LogP contribution in [0.5, 0.6) is 0 Å². The maximum atomic E-state index is 12.2. The van der Waals surface area contributed by atoms with Crippen LogP contribution in [0.4, 0.5) is 4.79 Å². The number of carbonyl (C=O) groups excluding carboxylic acids is 1. The fraction of sp³-hybridized carbons (Fsp3) is 0.500. The first-order valence-electron chi connectivity index (χ1n) is 13.6. The van der Waals surface area contributed by atoms with Crippen LogP contribution in [0.1, 0.15) is 113 Å².